The predicted octanol–water partition coefficient (Wildman–Crippen LogP) is 1.35. The topological polar surface area (TPSA) is 55.4 Å². The third-order valence-corrected chi connectivity index (χ3v) is 2.23. The molecule has 1 amide bonds. The Kier molecular flexibility index (Phi) is 4.78. The van der Waals surface area contributed by atoms with E-state index in [-0.39, 0.29) is 23.3 Å². The molecule has 4 heteroatoms. The maximum Gasteiger partial charge on any atom is 0.309 e. The number of rotatable bonds is 3. The number of hydrogen-bond acceptors (Lipinski definition) is 3. The lowest BCUT2D eigenvalue weighted by Crippen LogP contribution is -2.45. The molecule has 0 rings (SSSR count). The Labute approximate surface area is 91.4 Å². The van der Waals surface area contributed by atoms with E-state index < -0.39 is 5.92 Å². The molecular formula is C11H21NO3. The van der Waals surface area contributed by atoms with Crippen molar-refractivity contribution in [1.29, 1.82) is 0 Å². The Bertz CT molecular complexity index is 243. The molecule has 0 bridgehead atoms. The quantitative estimate of drug-likeness (QED) is 0.723. The average Bonchev–Trinajstić information content (AvgIpc) is 2.11. The molecule has 0 aromatic heterocycles. The van der Waals surface area contributed by atoms with Crippen LogP contribution < -0.4 is 5.32 Å². The third kappa shape index (κ3) is 4.81. The molecule has 0 fully saturated rings. The molecule has 0 saturated heterocycles. The van der Waals surface area contributed by atoms with E-state index in [0.29, 0.717) is 0 Å². The van der Waals surface area contributed by atoms with E-state index in [4.69, 9.17) is 0 Å². The van der Waals surface area contributed by atoms with E-state index >= 15 is 0 Å². The van der Waals surface area contributed by atoms with Crippen LogP contribution in [0.1, 0.15) is 34.6 Å². The summed E-state index contributed by atoms with van der Waals surface area (Å²) in [4.78, 5) is 22.9. The van der Waals surface area contributed by atoms with Crippen LogP contribution in [0.4, 0.5) is 0 Å². The maximum atomic E-state index is 11.7. The zero-order chi connectivity index (χ0) is 12.2. The van der Waals surface area contributed by atoms with Crippen LogP contribution in [-0.2, 0) is 14.3 Å². The zero-order valence-corrected chi connectivity index (χ0v) is 10.4. The summed E-state index contributed by atoms with van der Waals surface area (Å²) in [7, 11) is 1.33. The molecule has 0 aliphatic rings. The Morgan fingerprint density at radius 3 is 1.93 bits per heavy atom. The van der Waals surface area contributed by atoms with Gasteiger partial charge in [-0.2, -0.15) is 0 Å². The number of hydrogen-bond donors (Lipinski definition) is 1. The summed E-state index contributed by atoms with van der Waals surface area (Å²) in [5, 5.41) is 2.83. The molecule has 0 unspecified atom stereocenters. The van der Waals surface area contributed by atoms with Gasteiger partial charge in [-0.05, 0) is 20.8 Å². The lowest BCUT2D eigenvalue weighted by Gasteiger charge is -2.25. The van der Waals surface area contributed by atoms with Crippen LogP contribution in [0.5, 0.6) is 0 Å². The summed E-state index contributed by atoms with van der Waals surface area (Å²) < 4.78 is 4.59. The minimum absolute atomic E-state index is 0.125. The summed E-state index contributed by atoms with van der Waals surface area (Å²) in [6.07, 6.45) is 0. The van der Waals surface area contributed by atoms with Gasteiger partial charge in [0.1, 0.15) is 0 Å². The van der Waals surface area contributed by atoms with Crippen molar-refractivity contribution >= 4 is 11.9 Å². The van der Waals surface area contributed by atoms with Crippen LogP contribution in [-0.4, -0.2) is 24.5 Å². The Balaban J connectivity index is 4.39. The zero-order valence-electron chi connectivity index (χ0n) is 10.4. The van der Waals surface area contributed by atoms with Crippen LogP contribution in [0.15, 0.2) is 0 Å². The lowest BCUT2D eigenvalue weighted by molar-refractivity contribution is -0.149. The van der Waals surface area contributed by atoms with Crippen molar-refractivity contribution in [1.82, 2.24) is 5.32 Å². The van der Waals surface area contributed by atoms with Gasteiger partial charge in [0.15, 0.2) is 0 Å². The SMILES string of the molecule is COC(=O)[C@@H](C)[C@H](C)C(=O)NC(C)(C)C. The van der Waals surface area contributed by atoms with Gasteiger partial charge in [0.2, 0.25) is 5.91 Å². The van der Waals surface area contributed by atoms with Crippen LogP contribution >= 0.6 is 0 Å². The number of carbonyl (C=O) groups is 2. The second-order valence-electron chi connectivity index (χ2n) is 4.84. The molecule has 2 atom stereocenters. The Morgan fingerprint density at radius 2 is 1.60 bits per heavy atom. The van der Waals surface area contributed by atoms with Crippen molar-refractivity contribution in [3.05, 3.63) is 0 Å². The molecule has 1 N–H and O–H groups in total. The van der Waals surface area contributed by atoms with Crippen LogP contribution in [0.25, 0.3) is 0 Å². The summed E-state index contributed by atoms with van der Waals surface area (Å²) in [5.41, 5.74) is -0.277. The van der Waals surface area contributed by atoms with Crippen molar-refractivity contribution in [3.8, 4) is 0 Å². The van der Waals surface area contributed by atoms with Gasteiger partial charge in [-0.15, -0.1) is 0 Å². The monoisotopic (exact) mass is 215 g/mol. The molecule has 0 spiro atoms. The first kappa shape index (κ1) is 13.9. The molecule has 88 valence electrons. The summed E-state index contributed by atoms with van der Waals surface area (Å²) in [6, 6.07) is 0. The van der Waals surface area contributed by atoms with Crippen molar-refractivity contribution < 1.29 is 14.3 Å². The molecule has 0 aromatic carbocycles. The van der Waals surface area contributed by atoms with E-state index in [2.05, 4.69) is 10.1 Å². The van der Waals surface area contributed by atoms with E-state index in [9.17, 15) is 9.59 Å². The van der Waals surface area contributed by atoms with Crippen LogP contribution in [0, 0.1) is 11.8 Å². The van der Waals surface area contributed by atoms with Crippen LogP contribution in [0.2, 0.25) is 0 Å². The van der Waals surface area contributed by atoms with E-state index in [1.54, 1.807) is 13.8 Å². The van der Waals surface area contributed by atoms with Crippen molar-refractivity contribution in [2.75, 3.05) is 7.11 Å². The highest BCUT2D eigenvalue weighted by Gasteiger charge is 2.28. The first-order valence-corrected chi connectivity index (χ1v) is 5.09. The van der Waals surface area contributed by atoms with Gasteiger partial charge in [-0.25, -0.2) is 0 Å². The highest BCUT2D eigenvalue weighted by atomic mass is 16.5. The first-order valence-electron chi connectivity index (χ1n) is 5.09. The predicted molar refractivity (Wildman–Crippen MR) is 58.2 cm³/mol. The normalized spacial score (nSPS) is 15.3. The number of nitrogens with one attached hydrogen (secondary N) is 1. The van der Waals surface area contributed by atoms with Crippen molar-refractivity contribution in [2.45, 2.75) is 40.2 Å². The molecule has 15 heavy (non-hydrogen) atoms. The number of methoxy groups -OCH3 is 1. The summed E-state index contributed by atoms with van der Waals surface area (Å²) >= 11 is 0. The number of carbonyl (C=O) groups excluding carboxylic acids is 2. The van der Waals surface area contributed by atoms with Gasteiger partial charge in [0, 0.05) is 11.5 Å². The molecule has 0 aliphatic carbocycles. The van der Waals surface area contributed by atoms with Gasteiger partial charge in [-0.1, -0.05) is 13.8 Å². The smallest absolute Gasteiger partial charge is 0.309 e. The van der Waals surface area contributed by atoms with E-state index in [0.717, 1.165) is 0 Å². The maximum absolute atomic E-state index is 11.7. The van der Waals surface area contributed by atoms with Gasteiger partial charge in [0.25, 0.3) is 0 Å². The molecular weight excluding hydrogens is 194 g/mol. The number of esters is 1. The average molecular weight is 215 g/mol. The van der Waals surface area contributed by atoms with Gasteiger partial charge in [-0.3, -0.25) is 9.59 Å². The molecule has 0 aromatic rings. The van der Waals surface area contributed by atoms with Gasteiger partial charge in [0.05, 0.1) is 13.0 Å². The minimum Gasteiger partial charge on any atom is -0.469 e. The largest absolute Gasteiger partial charge is 0.469 e. The van der Waals surface area contributed by atoms with Gasteiger partial charge >= 0.3 is 5.97 Å². The second-order valence-corrected chi connectivity index (χ2v) is 4.84. The lowest BCUT2D eigenvalue weighted by atomic mass is 9.94. The third-order valence-electron chi connectivity index (χ3n) is 2.23. The fourth-order valence-electron chi connectivity index (χ4n) is 1.10. The fraction of sp³-hybridized carbons (Fsp3) is 0.818. The van der Waals surface area contributed by atoms with Crippen LogP contribution in [0.3, 0.4) is 0 Å². The molecule has 0 radical (unpaired) electrons. The highest BCUT2D eigenvalue weighted by Crippen LogP contribution is 2.14. The number of ether oxygens (including phenoxy) is 1. The fourth-order valence-corrected chi connectivity index (χ4v) is 1.10. The molecule has 0 heterocycles. The van der Waals surface area contributed by atoms with Gasteiger partial charge < -0.3 is 10.1 Å². The van der Waals surface area contributed by atoms with E-state index in [1.165, 1.54) is 7.11 Å². The highest BCUT2D eigenvalue weighted by molar-refractivity contribution is 5.85. The molecule has 0 aliphatic heterocycles. The summed E-state index contributed by atoms with van der Waals surface area (Å²) in [6.45, 7) is 9.13. The number of amides is 1. The summed E-state index contributed by atoms with van der Waals surface area (Å²) in [5.74, 6) is -1.28. The Morgan fingerprint density at radius 1 is 1.13 bits per heavy atom. The standard InChI is InChI=1S/C11H21NO3/c1-7(8(2)10(14)15-6)9(13)12-11(3,4)5/h7-8H,1-6H3,(H,12,13)/t7-,8-/m0/s1. The first-order chi connectivity index (χ1) is 6.69. The minimum atomic E-state index is -0.419. The second kappa shape index (κ2) is 5.14. The molecule has 0 saturated carbocycles. The van der Waals surface area contributed by atoms with E-state index in [1.807, 2.05) is 20.8 Å². The molecule has 4 nitrogen and oxygen atoms in total. The Hall–Kier alpha value is -1.06. The van der Waals surface area contributed by atoms with Crippen molar-refractivity contribution in [2.24, 2.45) is 11.8 Å². The van der Waals surface area contributed by atoms with Crippen molar-refractivity contribution in [3.63, 3.8) is 0 Å².